The van der Waals surface area contributed by atoms with Crippen LogP contribution in [-0.4, -0.2) is 35.1 Å². The van der Waals surface area contributed by atoms with Gasteiger partial charge < -0.3 is 14.9 Å². The van der Waals surface area contributed by atoms with Gasteiger partial charge in [0.1, 0.15) is 12.2 Å². The predicted octanol–water partition coefficient (Wildman–Crippen LogP) is -0.873. The Morgan fingerprint density at radius 2 is 2.12 bits per heavy atom. The highest BCUT2D eigenvalue weighted by atomic mass is 16.5. The van der Waals surface area contributed by atoms with Gasteiger partial charge in [0.05, 0.1) is 12.7 Å². The molecule has 1 rings (SSSR count). The summed E-state index contributed by atoms with van der Waals surface area (Å²) in [6, 6.07) is 0. The van der Waals surface area contributed by atoms with Crippen LogP contribution in [0.5, 0.6) is 0 Å². The zero-order chi connectivity index (χ0) is 6.15. The van der Waals surface area contributed by atoms with E-state index in [4.69, 9.17) is 14.9 Å². The second-order valence-electron chi connectivity index (χ2n) is 2.10. The summed E-state index contributed by atoms with van der Waals surface area (Å²) in [7, 11) is 0. The molecule has 0 aromatic carbocycles. The fourth-order valence-electron chi connectivity index (χ4n) is 0.760. The summed E-state index contributed by atoms with van der Waals surface area (Å²) in [5.74, 6) is 0. The average Bonchev–Trinajstić information content (AvgIpc) is 1.98. The molecule has 1 unspecified atom stereocenters. The first kappa shape index (κ1) is 6.01. The highest BCUT2D eigenvalue weighted by Gasteiger charge is 2.30. The molecule has 0 bridgehead atoms. The Labute approximate surface area is 47.9 Å². The monoisotopic (exact) mass is 118 g/mol. The molecule has 0 amide bonds. The van der Waals surface area contributed by atoms with Gasteiger partial charge in [-0.05, 0) is 6.92 Å². The number of hydrogen-bond acceptors (Lipinski definition) is 3. The van der Waals surface area contributed by atoms with Crippen molar-refractivity contribution in [3.63, 3.8) is 0 Å². The van der Waals surface area contributed by atoms with Gasteiger partial charge in [0.15, 0.2) is 0 Å². The highest BCUT2D eigenvalue weighted by Crippen LogP contribution is 2.12. The van der Waals surface area contributed by atoms with E-state index < -0.39 is 12.2 Å². The standard InChI is InChI=1S/C5H10O3/c1-3-5(7)4(6)2-8-3/h3-7H,2H2,1H3/t3-,4-,5?/m0/s1. The van der Waals surface area contributed by atoms with E-state index >= 15 is 0 Å². The van der Waals surface area contributed by atoms with Crippen LogP contribution in [-0.2, 0) is 4.74 Å². The Kier molecular flexibility index (Phi) is 1.51. The molecular formula is C5H10O3. The van der Waals surface area contributed by atoms with Gasteiger partial charge in [0, 0.05) is 0 Å². The third-order valence-corrected chi connectivity index (χ3v) is 1.41. The molecule has 1 fully saturated rings. The minimum Gasteiger partial charge on any atom is -0.388 e. The molecule has 3 nitrogen and oxygen atoms in total. The van der Waals surface area contributed by atoms with Gasteiger partial charge in [-0.3, -0.25) is 0 Å². The molecule has 2 N–H and O–H groups in total. The van der Waals surface area contributed by atoms with Crippen LogP contribution in [0.25, 0.3) is 0 Å². The molecule has 0 aliphatic carbocycles. The van der Waals surface area contributed by atoms with Crippen LogP contribution in [0.4, 0.5) is 0 Å². The summed E-state index contributed by atoms with van der Waals surface area (Å²) in [4.78, 5) is 0. The quantitative estimate of drug-likeness (QED) is 0.434. The number of rotatable bonds is 0. The number of ether oxygens (including phenoxy) is 1. The van der Waals surface area contributed by atoms with E-state index in [0.29, 0.717) is 0 Å². The van der Waals surface area contributed by atoms with Crippen molar-refractivity contribution in [2.24, 2.45) is 0 Å². The van der Waals surface area contributed by atoms with Gasteiger partial charge >= 0.3 is 0 Å². The lowest BCUT2D eigenvalue weighted by Gasteiger charge is -2.07. The SMILES string of the molecule is C[C@@H]1OC[C@H](O)C1O. The van der Waals surface area contributed by atoms with E-state index in [2.05, 4.69) is 0 Å². The summed E-state index contributed by atoms with van der Waals surface area (Å²) >= 11 is 0. The maximum Gasteiger partial charge on any atom is 0.108 e. The molecule has 48 valence electrons. The van der Waals surface area contributed by atoms with Gasteiger partial charge in [-0.2, -0.15) is 0 Å². The number of hydrogen-bond donors (Lipinski definition) is 2. The molecule has 1 aliphatic heterocycles. The summed E-state index contributed by atoms with van der Waals surface area (Å²) in [6.07, 6.45) is -1.56. The highest BCUT2D eigenvalue weighted by molar-refractivity contribution is 4.79. The minimum absolute atomic E-state index is 0.204. The van der Waals surface area contributed by atoms with Gasteiger partial charge in [-0.25, -0.2) is 0 Å². The second-order valence-corrected chi connectivity index (χ2v) is 2.10. The Bertz CT molecular complexity index is 73.7. The molecule has 0 aromatic rings. The average molecular weight is 118 g/mol. The largest absolute Gasteiger partial charge is 0.388 e. The first-order chi connectivity index (χ1) is 3.72. The Hall–Kier alpha value is -0.120. The summed E-state index contributed by atoms with van der Waals surface area (Å²) in [6.45, 7) is 2.00. The Balaban J connectivity index is 2.44. The molecular weight excluding hydrogens is 108 g/mol. The van der Waals surface area contributed by atoms with Crippen molar-refractivity contribution < 1.29 is 14.9 Å². The maximum absolute atomic E-state index is 8.89. The zero-order valence-corrected chi connectivity index (χ0v) is 4.74. The molecule has 1 saturated heterocycles. The van der Waals surface area contributed by atoms with Crippen LogP contribution in [0.15, 0.2) is 0 Å². The van der Waals surface area contributed by atoms with Crippen molar-refractivity contribution in [3.05, 3.63) is 0 Å². The van der Waals surface area contributed by atoms with Crippen molar-refractivity contribution in [1.82, 2.24) is 0 Å². The summed E-state index contributed by atoms with van der Waals surface area (Å²) in [5.41, 5.74) is 0. The van der Waals surface area contributed by atoms with Crippen LogP contribution in [0.2, 0.25) is 0 Å². The van der Waals surface area contributed by atoms with E-state index in [-0.39, 0.29) is 12.7 Å². The molecule has 0 spiro atoms. The van der Waals surface area contributed by atoms with Crippen LogP contribution in [0.1, 0.15) is 6.92 Å². The number of aliphatic hydroxyl groups excluding tert-OH is 2. The first-order valence-electron chi connectivity index (χ1n) is 2.69. The lowest BCUT2D eigenvalue weighted by molar-refractivity contribution is 0.0318. The molecule has 1 aliphatic rings. The molecule has 3 atom stereocenters. The normalized spacial score (nSPS) is 47.6. The van der Waals surface area contributed by atoms with Crippen molar-refractivity contribution in [2.45, 2.75) is 25.2 Å². The van der Waals surface area contributed by atoms with E-state index in [9.17, 15) is 0 Å². The van der Waals surface area contributed by atoms with Crippen molar-refractivity contribution >= 4 is 0 Å². The lowest BCUT2D eigenvalue weighted by Crippen LogP contribution is -2.27. The fraction of sp³-hybridized carbons (Fsp3) is 1.00. The molecule has 3 heteroatoms. The number of aliphatic hydroxyl groups is 2. The van der Waals surface area contributed by atoms with Gasteiger partial charge in [-0.15, -0.1) is 0 Å². The summed E-state index contributed by atoms with van der Waals surface area (Å²) in [5, 5.41) is 17.7. The minimum atomic E-state index is -0.685. The fourth-order valence-corrected chi connectivity index (χ4v) is 0.760. The second kappa shape index (κ2) is 2.01. The van der Waals surface area contributed by atoms with E-state index in [1.165, 1.54) is 0 Å². The van der Waals surface area contributed by atoms with Crippen molar-refractivity contribution in [1.29, 1.82) is 0 Å². The van der Waals surface area contributed by atoms with E-state index in [0.717, 1.165) is 0 Å². The van der Waals surface area contributed by atoms with Crippen LogP contribution in [0, 0.1) is 0 Å². The van der Waals surface area contributed by atoms with Gasteiger partial charge in [-0.1, -0.05) is 0 Å². The van der Waals surface area contributed by atoms with E-state index in [1.54, 1.807) is 6.92 Å². The first-order valence-corrected chi connectivity index (χ1v) is 2.69. The van der Waals surface area contributed by atoms with Crippen LogP contribution in [0.3, 0.4) is 0 Å². The van der Waals surface area contributed by atoms with Crippen molar-refractivity contribution in [2.75, 3.05) is 6.61 Å². The molecule has 1 heterocycles. The predicted molar refractivity (Wildman–Crippen MR) is 27.4 cm³/mol. The van der Waals surface area contributed by atoms with Gasteiger partial charge in [0.25, 0.3) is 0 Å². The topological polar surface area (TPSA) is 49.7 Å². The third-order valence-electron chi connectivity index (χ3n) is 1.41. The Morgan fingerprint density at radius 3 is 2.25 bits per heavy atom. The molecule has 8 heavy (non-hydrogen) atoms. The van der Waals surface area contributed by atoms with Crippen LogP contribution < -0.4 is 0 Å². The van der Waals surface area contributed by atoms with E-state index in [1.807, 2.05) is 0 Å². The van der Waals surface area contributed by atoms with Crippen LogP contribution >= 0.6 is 0 Å². The van der Waals surface area contributed by atoms with Crippen molar-refractivity contribution in [3.8, 4) is 0 Å². The third kappa shape index (κ3) is 0.844. The Morgan fingerprint density at radius 1 is 1.50 bits per heavy atom. The zero-order valence-electron chi connectivity index (χ0n) is 4.74. The maximum atomic E-state index is 8.89. The molecule has 0 saturated carbocycles. The lowest BCUT2D eigenvalue weighted by atomic mass is 10.2. The molecule has 0 aromatic heterocycles. The molecule has 0 radical (unpaired) electrons. The van der Waals surface area contributed by atoms with Gasteiger partial charge in [0.2, 0.25) is 0 Å². The smallest absolute Gasteiger partial charge is 0.108 e. The summed E-state index contributed by atoms with van der Waals surface area (Å²) < 4.78 is 4.88.